The van der Waals surface area contributed by atoms with Gasteiger partial charge in [0, 0.05) is 18.8 Å². The lowest BCUT2D eigenvalue weighted by Gasteiger charge is -2.17. The van der Waals surface area contributed by atoms with Crippen molar-refractivity contribution in [2.45, 2.75) is 12.8 Å². The maximum atomic E-state index is 11.7. The van der Waals surface area contributed by atoms with Crippen LogP contribution in [0, 0.1) is 0 Å². The predicted molar refractivity (Wildman–Crippen MR) is 96.4 cm³/mol. The fourth-order valence-electron chi connectivity index (χ4n) is 2.98. The maximum absolute atomic E-state index is 11.7. The van der Waals surface area contributed by atoms with Gasteiger partial charge in [-0.2, -0.15) is 0 Å². The van der Waals surface area contributed by atoms with Crippen LogP contribution in [-0.2, 0) is 4.79 Å². The van der Waals surface area contributed by atoms with E-state index in [-0.39, 0.29) is 5.57 Å². The average Bonchev–Trinajstić information content (AvgIpc) is 3.14. The Kier molecular flexibility index (Phi) is 4.85. The molecule has 0 radical (unpaired) electrons. The quantitative estimate of drug-likeness (QED) is 0.669. The lowest BCUT2D eigenvalue weighted by molar-refractivity contribution is -0.130. The standard InChI is InChI=1S/C20H21NO3/c1-24-18-6-4-5-16(14-18)19(20(22)23)13-15-7-9-17(10-8-15)21-11-2-3-12-21/h4-10,13-14H,2-3,11-12H2,1H3,(H,22,23)/b19-13-. The van der Waals surface area contributed by atoms with E-state index >= 15 is 0 Å². The molecule has 1 fully saturated rings. The normalized spacial score (nSPS) is 14.7. The molecule has 1 aliphatic rings. The van der Waals surface area contributed by atoms with Gasteiger partial charge in [0.1, 0.15) is 5.75 Å². The molecule has 1 N–H and O–H groups in total. The van der Waals surface area contributed by atoms with E-state index in [2.05, 4.69) is 17.0 Å². The Morgan fingerprint density at radius 1 is 1.12 bits per heavy atom. The third-order valence-corrected chi connectivity index (χ3v) is 4.29. The van der Waals surface area contributed by atoms with Gasteiger partial charge in [-0.3, -0.25) is 0 Å². The molecule has 4 nitrogen and oxygen atoms in total. The van der Waals surface area contributed by atoms with Crippen LogP contribution in [-0.4, -0.2) is 31.3 Å². The number of methoxy groups -OCH3 is 1. The third-order valence-electron chi connectivity index (χ3n) is 4.29. The molecule has 0 spiro atoms. The van der Waals surface area contributed by atoms with Crippen LogP contribution in [0.3, 0.4) is 0 Å². The summed E-state index contributed by atoms with van der Waals surface area (Å²) in [7, 11) is 1.57. The van der Waals surface area contributed by atoms with E-state index in [0.717, 1.165) is 18.7 Å². The zero-order valence-corrected chi connectivity index (χ0v) is 13.7. The summed E-state index contributed by atoms with van der Waals surface area (Å²) in [5, 5.41) is 9.56. The number of anilines is 1. The Balaban J connectivity index is 1.89. The fourth-order valence-corrected chi connectivity index (χ4v) is 2.98. The van der Waals surface area contributed by atoms with Gasteiger partial charge in [0.2, 0.25) is 0 Å². The molecule has 1 saturated heterocycles. The number of carbonyl (C=O) groups is 1. The van der Waals surface area contributed by atoms with Crippen molar-refractivity contribution in [3.8, 4) is 5.75 Å². The molecule has 0 bridgehead atoms. The van der Waals surface area contributed by atoms with Crippen LogP contribution in [0.25, 0.3) is 11.6 Å². The highest BCUT2D eigenvalue weighted by Gasteiger charge is 2.13. The summed E-state index contributed by atoms with van der Waals surface area (Å²) in [6.45, 7) is 2.19. The minimum atomic E-state index is -0.952. The second-order valence-electron chi connectivity index (χ2n) is 5.88. The highest BCUT2D eigenvalue weighted by atomic mass is 16.5. The Labute approximate surface area is 142 Å². The van der Waals surface area contributed by atoms with Crippen molar-refractivity contribution in [3.05, 3.63) is 59.7 Å². The molecule has 0 aliphatic carbocycles. The number of hydrogen-bond donors (Lipinski definition) is 1. The Bertz CT molecular complexity index is 744. The van der Waals surface area contributed by atoms with E-state index in [1.54, 1.807) is 37.5 Å². The first kappa shape index (κ1) is 16.1. The number of carboxylic acid groups (broad SMARTS) is 1. The predicted octanol–water partition coefficient (Wildman–Crippen LogP) is 3.92. The van der Waals surface area contributed by atoms with Crippen LogP contribution >= 0.6 is 0 Å². The summed E-state index contributed by atoms with van der Waals surface area (Å²) in [6.07, 6.45) is 4.17. The van der Waals surface area contributed by atoms with Crippen LogP contribution in [0.5, 0.6) is 5.75 Å². The van der Waals surface area contributed by atoms with E-state index in [9.17, 15) is 9.90 Å². The van der Waals surface area contributed by atoms with E-state index in [4.69, 9.17) is 4.74 Å². The van der Waals surface area contributed by atoms with Crippen molar-refractivity contribution in [1.29, 1.82) is 0 Å². The van der Waals surface area contributed by atoms with Gasteiger partial charge in [-0.25, -0.2) is 4.79 Å². The topological polar surface area (TPSA) is 49.8 Å². The lowest BCUT2D eigenvalue weighted by Crippen LogP contribution is -2.17. The Morgan fingerprint density at radius 2 is 1.83 bits per heavy atom. The van der Waals surface area contributed by atoms with Gasteiger partial charge >= 0.3 is 5.97 Å². The molecule has 1 heterocycles. The molecule has 2 aromatic carbocycles. The van der Waals surface area contributed by atoms with Crippen molar-refractivity contribution in [2.75, 3.05) is 25.1 Å². The molecule has 0 amide bonds. The number of hydrogen-bond acceptors (Lipinski definition) is 3. The van der Waals surface area contributed by atoms with Gasteiger partial charge < -0.3 is 14.7 Å². The molecule has 24 heavy (non-hydrogen) atoms. The number of benzene rings is 2. The van der Waals surface area contributed by atoms with E-state index < -0.39 is 5.97 Å². The second kappa shape index (κ2) is 7.21. The SMILES string of the molecule is COc1cccc(/C(=C/c2ccc(N3CCCC3)cc2)C(=O)O)c1. The van der Waals surface area contributed by atoms with Crippen molar-refractivity contribution < 1.29 is 14.6 Å². The first-order valence-corrected chi connectivity index (χ1v) is 8.12. The van der Waals surface area contributed by atoms with Crippen LogP contribution in [0.15, 0.2) is 48.5 Å². The number of ether oxygens (including phenoxy) is 1. The van der Waals surface area contributed by atoms with Gasteiger partial charge in [0.05, 0.1) is 12.7 Å². The molecule has 4 heteroatoms. The second-order valence-corrected chi connectivity index (χ2v) is 5.88. The highest BCUT2D eigenvalue weighted by Crippen LogP contribution is 2.25. The van der Waals surface area contributed by atoms with Gasteiger partial charge in [-0.1, -0.05) is 24.3 Å². The van der Waals surface area contributed by atoms with Gasteiger partial charge in [0.25, 0.3) is 0 Å². The molecular formula is C20H21NO3. The first-order chi connectivity index (χ1) is 11.7. The van der Waals surface area contributed by atoms with Crippen molar-refractivity contribution in [2.24, 2.45) is 0 Å². The molecule has 2 aromatic rings. The summed E-state index contributed by atoms with van der Waals surface area (Å²) in [4.78, 5) is 14.0. The maximum Gasteiger partial charge on any atom is 0.336 e. The van der Waals surface area contributed by atoms with Crippen molar-refractivity contribution in [1.82, 2.24) is 0 Å². The smallest absolute Gasteiger partial charge is 0.336 e. The molecule has 0 unspecified atom stereocenters. The van der Waals surface area contributed by atoms with Crippen LogP contribution in [0.1, 0.15) is 24.0 Å². The fraction of sp³-hybridized carbons (Fsp3) is 0.250. The summed E-state index contributed by atoms with van der Waals surface area (Å²) in [5.74, 6) is -0.309. The van der Waals surface area contributed by atoms with Gasteiger partial charge in [-0.15, -0.1) is 0 Å². The molecular weight excluding hydrogens is 302 g/mol. The molecule has 124 valence electrons. The van der Waals surface area contributed by atoms with E-state index in [0.29, 0.717) is 11.3 Å². The minimum Gasteiger partial charge on any atom is -0.497 e. The lowest BCUT2D eigenvalue weighted by atomic mass is 10.0. The number of nitrogens with zero attached hydrogens (tertiary/aromatic N) is 1. The summed E-state index contributed by atoms with van der Waals surface area (Å²) < 4.78 is 5.18. The zero-order chi connectivity index (χ0) is 16.9. The number of rotatable bonds is 5. The molecule has 0 aromatic heterocycles. The van der Waals surface area contributed by atoms with Gasteiger partial charge in [-0.05, 0) is 54.3 Å². The molecule has 0 atom stereocenters. The highest BCUT2D eigenvalue weighted by molar-refractivity contribution is 6.20. The zero-order valence-electron chi connectivity index (χ0n) is 13.7. The van der Waals surface area contributed by atoms with Crippen molar-refractivity contribution >= 4 is 23.3 Å². The molecule has 1 aliphatic heterocycles. The third kappa shape index (κ3) is 3.59. The summed E-state index contributed by atoms with van der Waals surface area (Å²) in [5.41, 5.74) is 2.95. The summed E-state index contributed by atoms with van der Waals surface area (Å²) in [6, 6.07) is 15.2. The van der Waals surface area contributed by atoms with E-state index in [1.807, 2.05) is 12.1 Å². The summed E-state index contributed by atoms with van der Waals surface area (Å²) >= 11 is 0. The average molecular weight is 323 g/mol. The largest absolute Gasteiger partial charge is 0.497 e. The van der Waals surface area contributed by atoms with E-state index in [1.165, 1.54) is 18.5 Å². The molecule has 3 rings (SSSR count). The monoisotopic (exact) mass is 323 g/mol. The van der Waals surface area contributed by atoms with Crippen LogP contribution in [0.2, 0.25) is 0 Å². The Morgan fingerprint density at radius 3 is 2.46 bits per heavy atom. The Hall–Kier alpha value is -2.75. The van der Waals surface area contributed by atoms with Crippen molar-refractivity contribution in [3.63, 3.8) is 0 Å². The number of carboxylic acids is 1. The van der Waals surface area contributed by atoms with Crippen LogP contribution < -0.4 is 9.64 Å². The number of aliphatic carboxylic acids is 1. The first-order valence-electron chi connectivity index (χ1n) is 8.12. The van der Waals surface area contributed by atoms with Crippen LogP contribution in [0.4, 0.5) is 5.69 Å². The van der Waals surface area contributed by atoms with Gasteiger partial charge in [0.15, 0.2) is 0 Å². The molecule has 0 saturated carbocycles. The minimum absolute atomic E-state index is 0.253.